The van der Waals surface area contributed by atoms with E-state index in [1.807, 2.05) is 0 Å². The Morgan fingerprint density at radius 3 is 2.83 bits per heavy atom. The van der Waals surface area contributed by atoms with E-state index in [2.05, 4.69) is 24.1 Å². The largest absolute Gasteiger partial charge is 0.361 e. The molecule has 0 radical (unpaired) electrons. The topological polar surface area (TPSA) is 24.9 Å². The maximum absolute atomic E-state index is 13.6. The minimum absolute atomic E-state index is 0.255. The highest BCUT2D eigenvalue weighted by Gasteiger charge is 2.12. The van der Waals surface area contributed by atoms with Crippen LogP contribution in [0, 0.1) is 17.6 Å². The average Bonchev–Trinajstić information content (AvgIpc) is 2.78. The molecule has 0 saturated heterocycles. The maximum atomic E-state index is 13.6. The number of rotatable bonds is 4. The fraction of sp³-hybridized carbons (Fsp3) is 0.308. The number of nitrogens with zero attached hydrogens (tertiary/aromatic N) is 1. The second-order valence-electron chi connectivity index (χ2n) is 4.41. The molecule has 0 aliphatic carbocycles. The van der Waals surface area contributed by atoms with Crippen LogP contribution in [-0.4, -0.2) is 11.5 Å². The molecule has 1 heterocycles. The van der Waals surface area contributed by atoms with E-state index in [0.29, 0.717) is 10.8 Å². The lowest BCUT2D eigenvalue weighted by atomic mass is 10.2. The minimum atomic E-state index is -0.836. The Balaban J connectivity index is 2.21. The van der Waals surface area contributed by atoms with E-state index < -0.39 is 11.6 Å². The quantitative estimate of drug-likeness (QED) is 0.900. The highest BCUT2D eigenvalue weighted by Crippen LogP contribution is 2.31. The fourth-order valence-electron chi connectivity index (χ4n) is 1.47. The summed E-state index contributed by atoms with van der Waals surface area (Å²) in [6.07, 6.45) is 1.56. The zero-order chi connectivity index (χ0) is 13.1. The molecule has 0 fully saturated rings. The van der Waals surface area contributed by atoms with Gasteiger partial charge in [0.15, 0.2) is 16.8 Å². The van der Waals surface area contributed by atoms with Crippen molar-refractivity contribution in [1.29, 1.82) is 0 Å². The molecule has 0 aliphatic rings. The first-order valence-corrected chi connectivity index (χ1v) is 6.53. The Morgan fingerprint density at radius 1 is 1.33 bits per heavy atom. The molecule has 5 heteroatoms. The van der Waals surface area contributed by atoms with Gasteiger partial charge in [-0.05, 0) is 12.0 Å². The van der Waals surface area contributed by atoms with Crippen LogP contribution in [-0.2, 0) is 0 Å². The number of hydrogen-bond acceptors (Lipinski definition) is 3. The van der Waals surface area contributed by atoms with Crippen LogP contribution in [0.1, 0.15) is 13.8 Å². The molecular weight excluding hydrogens is 254 g/mol. The highest BCUT2D eigenvalue weighted by molar-refractivity contribution is 7.18. The molecule has 1 N–H and O–H groups in total. The number of thiazole rings is 1. The van der Waals surface area contributed by atoms with Crippen LogP contribution >= 0.6 is 11.3 Å². The van der Waals surface area contributed by atoms with Gasteiger partial charge in [-0.1, -0.05) is 37.3 Å². The van der Waals surface area contributed by atoms with Crippen LogP contribution in [0.15, 0.2) is 24.4 Å². The number of aromatic nitrogens is 1. The van der Waals surface area contributed by atoms with Crippen LogP contribution in [0.4, 0.5) is 13.9 Å². The van der Waals surface area contributed by atoms with Crippen molar-refractivity contribution in [3.8, 4) is 10.4 Å². The second-order valence-corrected chi connectivity index (χ2v) is 5.44. The van der Waals surface area contributed by atoms with Gasteiger partial charge in [0.2, 0.25) is 0 Å². The van der Waals surface area contributed by atoms with E-state index in [1.54, 1.807) is 12.3 Å². The third kappa shape index (κ3) is 2.85. The van der Waals surface area contributed by atoms with Crippen molar-refractivity contribution in [3.05, 3.63) is 36.0 Å². The van der Waals surface area contributed by atoms with Crippen molar-refractivity contribution in [1.82, 2.24) is 4.98 Å². The molecule has 1 aromatic heterocycles. The van der Waals surface area contributed by atoms with Crippen molar-refractivity contribution in [2.45, 2.75) is 13.8 Å². The van der Waals surface area contributed by atoms with Crippen molar-refractivity contribution in [3.63, 3.8) is 0 Å². The van der Waals surface area contributed by atoms with E-state index in [1.165, 1.54) is 17.4 Å². The first-order chi connectivity index (χ1) is 8.58. The maximum Gasteiger partial charge on any atom is 0.183 e. The molecular formula is C13H14F2N2S. The summed E-state index contributed by atoms with van der Waals surface area (Å²) in [5, 5.41) is 3.88. The van der Waals surface area contributed by atoms with Crippen molar-refractivity contribution in [2.24, 2.45) is 5.92 Å². The summed E-state index contributed by atoms with van der Waals surface area (Å²) < 4.78 is 26.7. The molecule has 0 spiro atoms. The lowest BCUT2D eigenvalue weighted by molar-refractivity contribution is 0.511. The summed E-state index contributed by atoms with van der Waals surface area (Å²) in [5.41, 5.74) is 0.255. The van der Waals surface area contributed by atoms with Gasteiger partial charge in [-0.25, -0.2) is 13.8 Å². The zero-order valence-corrected chi connectivity index (χ0v) is 11.0. The van der Waals surface area contributed by atoms with Gasteiger partial charge in [-0.2, -0.15) is 0 Å². The molecule has 0 aliphatic heterocycles. The van der Waals surface area contributed by atoms with Gasteiger partial charge in [0.1, 0.15) is 0 Å². The predicted octanol–water partition coefficient (Wildman–Crippen LogP) is 4.16. The molecule has 2 aromatic rings. The smallest absolute Gasteiger partial charge is 0.183 e. The van der Waals surface area contributed by atoms with Gasteiger partial charge in [-0.15, -0.1) is 0 Å². The Bertz CT molecular complexity index is 538. The minimum Gasteiger partial charge on any atom is -0.361 e. The molecule has 2 nitrogen and oxygen atoms in total. The molecule has 1 aromatic carbocycles. The number of anilines is 1. The molecule has 0 bridgehead atoms. The lowest BCUT2D eigenvalue weighted by Crippen LogP contribution is -2.07. The van der Waals surface area contributed by atoms with E-state index in [4.69, 9.17) is 0 Å². The summed E-state index contributed by atoms with van der Waals surface area (Å²) in [5.74, 6) is -1.16. The molecule has 96 valence electrons. The molecule has 0 saturated carbocycles. The molecule has 0 unspecified atom stereocenters. The number of hydrogen-bond donors (Lipinski definition) is 1. The normalized spacial score (nSPS) is 10.9. The van der Waals surface area contributed by atoms with E-state index in [0.717, 1.165) is 17.7 Å². The first-order valence-electron chi connectivity index (χ1n) is 5.72. The molecule has 18 heavy (non-hydrogen) atoms. The molecule has 0 amide bonds. The first kappa shape index (κ1) is 13.0. The van der Waals surface area contributed by atoms with E-state index in [9.17, 15) is 8.78 Å². The summed E-state index contributed by atoms with van der Waals surface area (Å²) in [6, 6.07) is 4.16. The monoisotopic (exact) mass is 268 g/mol. The number of benzene rings is 1. The van der Waals surface area contributed by atoms with Gasteiger partial charge in [-0.3, -0.25) is 0 Å². The van der Waals surface area contributed by atoms with Crippen LogP contribution in [0.5, 0.6) is 0 Å². The van der Waals surface area contributed by atoms with Gasteiger partial charge < -0.3 is 5.32 Å². The molecule has 2 rings (SSSR count). The van der Waals surface area contributed by atoms with Crippen LogP contribution in [0.3, 0.4) is 0 Å². The van der Waals surface area contributed by atoms with Crippen LogP contribution in [0.25, 0.3) is 10.4 Å². The van der Waals surface area contributed by atoms with Crippen LogP contribution in [0.2, 0.25) is 0 Å². The van der Waals surface area contributed by atoms with E-state index in [-0.39, 0.29) is 5.56 Å². The number of nitrogens with one attached hydrogen (secondary N) is 1. The summed E-state index contributed by atoms with van der Waals surface area (Å²) in [4.78, 5) is 4.78. The molecule has 0 atom stereocenters. The van der Waals surface area contributed by atoms with Gasteiger partial charge >= 0.3 is 0 Å². The van der Waals surface area contributed by atoms with Crippen molar-refractivity contribution < 1.29 is 8.78 Å². The van der Waals surface area contributed by atoms with Gasteiger partial charge in [0.05, 0.1) is 4.88 Å². The lowest BCUT2D eigenvalue weighted by Gasteiger charge is -2.04. The summed E-state index contributed by atoms with van der Waals surface area (Å²) in [6.45, 7) is 4.99. The third-order valence-electron chi connectivity index (χ3n) is 2.38. The van der Waals surface area contributed by atoms with Crippen molar-refractivity contribution >= 4 is 16.5 Å². The highest BCUT2D eigenvalue weighted by atomic mass is 32.1. The van der Waals surface area contributed by atoms with Gasteiger partial charge in [0.25, 0.3) is 0 Å². The Kier molecular flexibility index (Phi) is 3.91. The summed E-state index contributed by atoms with van der Waals surface area (Å²) >= 11 is 1.32. The second kappa shape index (κ2) is 5.44. The van der Waals surface area contributed by atoms with Crippen LogP contribution < -0.4 is 5.32 Å². The SMILES string of the molecule is CC(C)CNc1ncc(-c2cccc(F)c2F)s1. The average molecular weight is 268 g/mol. The predicted molar refractivity (Wildman–Crippen MR) is 70.8 cm³/mol. The van der Waals surface area contributed by atoms with E-state index >= 15 is 0 Å². The Labute approximate surface area is 109 Å². The standard InChI is InChI=1S/C13H14F2N2S/c1-8(2)6-16-13-17-7-11(18-13)9-4-3-5-10(14)12(9)15/h3-5,7-8H,6H2,1-2H3,(H,16,17). The fourth-order valence-corrected chi connectivity index (χ4v) is 2.31. The Morgan fingerprint density at radius 2 is 2.11 bits per heavy atom. The summed E-state index contributed by atoms with van der Waals surface area (Å²) in [7, 11) is 0. The Hall–Kier alpha value is -1.49. The third-order valence-corrected chi connectivity index (χ3v) is 3.37. The number of halogens is 2. The van der Waals surface area contributed by atoms with Crippen molar-refractivity contribution in [2.75, 3.05) is 11.9 Å². The zero-order valence-electron chi connectivity index (χ0n) is 10.2. The van der Waals surface area contributed by atoms with Gasteiger partial charge in [0, 0.05) is 18.3 Å².